The minimum atomic E-state index is -3.43. The van der Waals surface area contributed by atoms with Crippen LogP contribution < -0.4 is 0 Å². The maximum Gasteiger partial charge on any atom is 0.307 e. The van der Waals surface area contributed by atoms with Gasteiger partial charge in [-0.1, -0.05) is 30.2 Å². The van der Waals surface area contributed by atoms with Crippen LogP contribution in [0.25, 0.3) is 0 Å². The molecule has 1 heterocycles. The molecule has 1 aliphatic carbocycles. The standard InChI is InChI=1S/C20H28ClNO5S/c21-17-7-5-16(6-8-17)15-28(24,25)19-4-2-1-3-18(19)27-20(23)9-10-22-11-13-26-14-12-22/h5-8,18-19H,1-4,9-15H2. The fourth-order valence-corrected chi connectivity index (χ4v) is 6.01. The fraction of sp³-hybridized carbons (Fsp3) is 0.650. The van der Waals surface area contributed by atoms with Crippen molar-refractivity contribution in [3.05, 3.63) is 34.9 Å². The van der Waals surface area contributed by atoms with Gasteiger partial charge in [0, 0.05) is 24.7 Å². The number of hydrogen-bond acceptors (Lipinski definition) is 6. The quantitative estimate of drug-likeness (QED) is 0.620. The second kappa shape index (κ2) is 10.1. The highest BCUT2D eigenvalue weighted by Crippen LogP contribution is 2.29. The van der Waals surface area contributed by atoms with Crippen LogP contribution in [0.4, 0.5) is 0 Å². The van der Waals surface area contributed by atoms with E-state index < -0.39 is 21.2 Å². The largest absolute Gasteiger partial charge is 0.461 e. The van der Waals surface area contributed by atoms with Crippen molar-refractivity contribution in [2.45, 2.75) is 49.2 Å². The Labute approximate surface area is 172 Å². The van der Waals surface area contributed by atoms with E-state index in [4.69, 9.17) is 21.1 Å². The van der Waals surface area contributed by atoms with Crippen LogP contribution in [-0.4, -0.2) is 63.5 Å². The van der Waals surface area contributed by atoms with Gasteiger partial charge in [0.15, 0.2) is 9.84 Å². The number of sulfone groups is 1. The van der Waals surface area contributed by atoms with Crippen LogP contribution in [0.5, 0.6) is 0 Å². The van der Waals surface area contributed by atoms with E-state index in [9.17, 15) is 13.2 Å². The molecule has 1 saturated heterocycles. The average molecular weight is 430 g/mol. The molecule has 156 valence electrons. The van der Waals surface area contributed by atoms with Crippen LogP contribution >= 0.6 is 11.6 Å². The van der Waals surface area contributed by atoms with Gasteiger partial charge in [-0.15, -0.1) is 0 Å². The highest BCUT2D eigenvalue weighted by atomic mass is 35.5. The van der Waals surface area contributed by atoms with Crippen molar-refractivity contribution in [1.29, 1.82) is 0 Å². The number of esters is 1. The summed E-state index contributed by atoms with van der Waals surface area (Å²) in [5.74, 6) is -0.374. The lowest BCUT2D eigenvalue weighted by molar-refractivity contribution is -0.150. The van der Waals surface area contributed by atoms with Crippen LogP contribution in [0, 0.1) is 0 Å². The highest BCUT2D eigenvalue weighted by molar-refractivity contribution is 7.91. The van der Waals surface area contributed by atoms with Crippen LogP contribution in [0.1, 0.15) is 37.7 Å². The number of morpholine rings is 1. The third-order valence-corrected chi connectivity index (χ3v) is 7.85. The zero-order chi connectivity index (χ0) is 20.0. The third kappa shape index (κ3) is 6.17. The van der Waals surface area contributed by atoms with Crippen LogP contribution in [0.2, 0.25) is 5.02 Å². The van der Waals surface area contributed by atoms with Gasteiger partial charge in [0.25, 0.3) is 0 Å². The number of ether oxygens (including phenoxy) is 2. The Morgan fingerprint density at radius 2 is 1.82 bits per heavy atom. The van der Waals surface area contributed by atoms with E-state index in [0.717, 1.165) is 25.9 Å². The molecule has 2 aliphatic rings. The van der Waals surface area contributed by atoms with E-state index in [2.05, 4.69) is 4.90 Å². The van der Waals surface area contributed by atoms with Crippen LogP contribution in [0.3, 0.4) is 0 Å². The molecule has 2 fully saturated rings. The van der Waals surface area contributed by atoms with Gasteiger partial charge in [0.05, 0.1) is 30.6 Å². The first-order valence-electron chi connectivity index (χ1n) is 9.89. The van der Waals surface area contributed by atoms with Gasteiger partial charge in [-0.25, -0.2) is 8.42 Å². The molecule has 2 unspecified atom stereocenters. The zero-order valence-electron chi connectivity index (χ0n) is 16.0. The predicted molar refractivity (Wildman–Crippen MR) is 108 cm³/mol. The Kier molecular flexibility index (Phi) is 7.74. The van der Waals surface area contributed by atoms with Crippen molar-refractivity contribution < 1.29 is 22.7 Å². The first kappa shape index (κ1) is 21.6. The molecule has 3 rings (SSSR count). The number of halogens is 1. The van der Waals surface area contributed by atoms with Gasteiger partial charge in [-0.05, 0) is 37.0 Å². The number of carbonyl (C=O) groups excluding carboxylic acids is 1. The Balaban J connectivity index is 1.57. The molecule has 0 radical (unpaired) electrons. The van der Waals surface area contributed by atoms with Gasteiger partial charge in [0.2, 0.25) is 0 Å². The van der Waals surface area contributed by atoms with Crippen molar-refractivity contribution in [1.82, 2.24) is 4.90 Å². The van der Waals surface area contributed by atoms with E-state index in [1.165, 1.54) is 0 Å². The van der Waals surface area contributed by atoms with E-state index in [-0.39, 0.29) is 18.1 Å². The molecule has 2 atom stereocenters. The van der Waals surface area contributed by atoms with Crippen LogP contribution in [-0.2, 0) is 29.9 Å². The summed E-state index contributed by atoms with van der Waals surface area (Å²) in [7, 11) is -3.43. The number of nitrogens with zero attached hydrogens (tertiary/aromatic N) is 1. The number of carbonyl (C=O) groups is 1. The Morgan fingerprint density at radius 3 is 2.54 bits per heavy atom. The van der Waals surface area contributed by atoms with Crippen LogP contribution in [0.15, 0.2) is 24.3 Å². The average Bonchev–Trinajstić information content (AvgIpc) is 2.69. The van der Waals surface area contributed by atoms with E-state index >= 15 is 0 Å². The molecule has 0 spiro atoms. The van der Waals surface area contributed by atoms with Crippen molar-refractivity contribution in [3.8, 4) is 0 Å². The van der Waals surface area contributed by atoms with Crippen molar-refractivity contribution in [2.75, 3.05) is 32.8 Å². The second-order valence-electron chi connectivity index (χ2n) is 7.49. The van der Waals surface area contributed by atoms with Gasteiger partial charge >= 0.3 is 5.97 Å². The summed E-state index contributed by atoms with van der Waals surface area (Å²) in [6, 6.07) is 6.84. The third-order valence-electron chi connectivity index (χ3n) is 5.40. The van der Waals surface area contributed by atoms with Crippen molar-refractivity contribution >= 4 is 27.4 Å². The lowest BCUT2D eigenvalue weighted by Crippen LogP contribution is -2.41. The maximum atomic E-state index is 13.0. The molecule has 8 heteroatoms. The smallest absolute Gasteiger partial charge is 0.307 e. The number of rotatable bonds is 7. The molecule has 0 amide bonds. The molecular formula is C20H28ClNO5S. The van der Waals surface area contributed by atoms with Crippen molar-refractivity contribution in [2.24, 2.45) is 0 Å². The molecule has 1 aromatic rings. The topological polar surface area (TPSA) is 72.9 Å². The van der Waals surface area contributed by atoms with Gasteiger partial charge in [-0.2, -0.15) is 0 Å². The Hall–Kier alpha value is -1.15. The lowest BCUT2D eigenvalue weighted by Gasteiger charge is -2.31. The molecule has 28 heavy (non-hydrogen) atoms. The first-order chi connectivity index (χ1) is 13.4. The first-order valence-corrected chi connectivity index (χ1v) is 12.0. The molecule has 0 N–H and O–H groups in total. The number of hydrogen-bond donors (Lipinski definition) is 0. The summed E-state index contributed by atoms with van der Waals surface area (Å²) in [6.07, 6.45) is 2.59. The molecule has 1 aliphatic heterocycles. The lowest BCUT2D eigenvalue weighted by atomic mass is 9.97. The second-order valence-corrected chi connectivity index (χ2v) is 10.1. The summed E-state index contributed by atoms with van der Waals surface area (Å²) in [4.78, 5) is 14.5. The van der Waals surface area contributed by atoms with E-state index in [1.807, 2.05) is 0 Å². The molecular weight excluding hydrogens is 402 g/mol. The van der Waals surface area contributed by atoms with Crippen molar-refractivity contribution in [3.63, 3.8) is 0 Å². The number of benzene rings is 1. The summed E-state index contributed by atoms with van der Waals surface area (Å²) in [6.45, 7) is 3.62. The zero-order valence-corrected chi connectivity index (χ0v) is 17.6. The normalized spacial score (nSPS) is 24.0. The predicted octanol–water partition coefficient (Wildman–Crippen LogP) is 2.83. The SMILES string of the molecule is O=C(CCN1CCOCC1)OC1CCCCC1S(=O)(=O)Cc1ccc(Cl)cc1. The Bertz CT molecular complexity index is 746. The van der Waals surface area contributed by atoms with E-state index in [0.29, 0.717) is 43.2 Å². The Morgan fingerprint density at radius 1 is 1.14 bits per heavy atom. The monoisotopic (exact) mass is 429 g/mol. The molecule has 0 aromatic heterocycles. The van der Waals surface area contributed by atoms with Gasteiger partial charge in [-0.3, -0.25) is 9.69 Å². The summed E-state index contributed by atoms with van der Waals surface area (Å²) >= 11 is 5.88. The fourth-order valence-electron chi connectivity index (χ4n) is 3.83. The summed E-state index contributed by atoms with van der Waals surface area (Å²) in [5, 5.41) is -0.0600. The minimum absolute atomic E-state index is 0.0589. The van der Waals surface area contributed by atoms with Gasteiger partial charge in [0.1, 0.15) is 6.10 Å². The minimum Gasteiger partial charge on any atom is -0.461 e. The van der Waals surface area contributed by atoms with E-state index in [1.54, 1.807) is 24.3 Å². The molecule has 1 saturated carbocycles. The van der Waals surface area contributed by atoms with Gasteiger partial charge < -0.3 is 9.47 Å². The summed E-state index contributed by atoms with van der Waals surface area (Å²) < 4.78 is 36.9. The molecule has 6 nitrogen and oxygen atoms in total. The highest BCUT2D eigenvalue weighted by Gasteiger charge is 2.37. The maximum absolute atomic E-state index is 13.0. The summed E-state index contributed by atoms with van der Waals surface area (Å²) in [5.41, 5.74) is 0.701. The molecule has 1 aromatic carbocycles. The molecule has 0 bridgehead atoms.